The fraction of sp³-hybridized carbons (Fsp3) is 0.267. The average Bonchev–Trinajstić information content (AvgIpc) is 2.53. The van der Waals surface area contributed by atoms with E-state index in [-0.39, 0.29) is 11.5 Å². The monoisotopic (exact) mass is 318 g/mol. The Bertz CT molecular complexity index is 771. The zero-order valence-electron chi connectivity index (χ0n) is 13.3. The molecule has 8 heteroatoms. The lowest BCUT2D eigenvalue weighted by Crippen LogP contribution is -2.10. The maximum absolute atomic E-state index is 11.4. The summed E-state index contributed by atoms with van der Waals surface area (Å²) >= 11 is 0. The molecule has 2 rings (SSSR count). The van der Waals surface area contributed by atoms with Crippen LogP contribution in [0.4, 0.5) is 5.95 Å². The van der Waals surface area contributed by atoms with E-state index in [1.807, 2.05) is 0 Å². The number of hydrogen-bond acceptors (Lipinski definition) is 7. The lowest BCUT2D eigenvalue weighted by molar-refractivity contribution is 0.324. The molecule has 1 aromatic heterocycles. The van der Waals surface area contributed by atoms with Crippen LogP contribution in [0, 0.1) is 6.92 Å². The van der Waals surface area contributed by atoms with Crippen LogP contribution in [0.25, 0.3) is 0 Å². The van der Waals surface area contributed by atoms with E-state index < -0.39 is 0 Å². The summed E-state index contributed by atoms with van der Waals surface area (Å²) in [6.07, 6.45) is 1.53. The minimum atomic E-state index is -0.251. The van der Waals surface area contributed by atoms with E-state index in [2.05, 4.69) is 20.5 Å². The molecule has 0 spiro atoms. The van der Waals surface area contributed by atoms with Crippen molar-refractivity contribution in [1.82, 2.24) is 9.97 Å². The number of anilines is 1. The first kappa shape index (κ1) is 16.3. The Morgan fingerprint density at radius 2 is 1.91 bits per heavy atom. The first-order valence-corrected chi connectivity index (χ1v) is 6.75. The van der Waals surface area contributed by atoms with Gasteiger partial charge in [0.15, 0.2) is 11.5 Å². The second kappa shape index (κ2) is 7.30. The molecule has 1 aromatic carbocycles. The van der Waals surface area contributed by atoms with Crippen LogP contribution in [0.3, 0.4) is 0 Å². The smallest absolute Gasteiger partial charge is 0.252 e. The predicted octanol–water partition coefficient (Wildman–Crippen LogP) is 1.55. The van der Waals surface area contributed by atoms with Crippen molar-refractivity contribution >= 4 is 12.2 Å². The molecule has 1 heterocycles. The topological polar surface area (TPSA) is 97.8 Å². The third-order valence-corrected chi connectivity index (χ3v) is 2.98. The molecule has 0 fully saturated rings. The van der Waals surface area contributed by atoms with E-state index in [1.165, 1.54) is 26.5 Å². The number of ether oxygens (including phenoxy) is 3. The first-order chi connectivity index (χ1) is 11.1. The number of aromatic nitrogens is 2. The highest BCUT2D eigenvalue weighted by atomic mass is 16.5. The molecule has 0 unspecified atom stereocenters. The fourth-order valence-electron chi connectivity index (χ4n) is 2.02. The lowest BCUT2D eigenvalue weighted by Gasteiger charge is -2.13. The van der Waals surface area contributed by atoms with Crippen molar-refractivity contribution in [3.8, 4) is 17.2 Å². The Morgan fingerprint density at radius 3 is 2.52 bits per heavy atom. The summed E-state index contributed by atoms with van der Waals surface area (Å²) in [5.74, 6) is 1.77. The molecule has 0 aliphatic heterocycles. The van der Waals surface area contributed by atoms with Gasteiger partial charge in [0.25, 0.3) is 5.56 Å². The summed E-state index contributed by atoms with van der Waals surface area (Å²) in [5.41, 5.74) is 3.68. The van der Waals surface area contributed by atoms with Gasteiger partial charge in [0, 0.05) is 17.3 Å². The van der Waals surface area contributed by atoms with Gasteiger partial charge in [0.1, 0.15) is 0 Å². The van der Waals surface area contributed by atoms with E-state index in [4.69, 9.17) is 14.2 Å². The van der Waals surface area contributed by atoms with Crippen LogP contribution in [0.1, 0.15) is 11.3 Å². The third-order valence-electron chi connectivity index (χ3n) is 2.98. The summed E-state index contributed by atoms with van der Waals surface area (Å²) in [5, 5.41) is 4.05. The maximum atomic E-state index is 11.4. The number of benzene rings is 1. The van der Waals surface area contributed by atoms with Gasteiger partial charge >= 0.3 is 0 Å². The second-order valence-electron chi connectivity index (χ2n) is 4.53. The molecule has 23 heavy (non-hydrogen) atoms. The van der Waals surface area contributed by atoms with Crippen LogP contribution >= 0.6 is 0 Å². The van der Waals surface area contributed by atoms with Gasteiger partial charge in [-0.3, -0.25) is 9.78 Å². The van der Waals surface area contributed by atoms with E-state index >= 15 is 0 Å². The molecule has 2 N–H and O–H groups in total. The van der Waals surface area contributed by atoms with Gasteiger partial charge in [-0.15, -0.1) is 0 Å². The van der Waals surface area contributed by atoms with Crippen molar-refractivity contribution in [2.24, 2.45) is 5.10 Å². The molecule has 122 valence electrons. The number of nitrogens with zero attached hydrogens (tertiary/aromatic N) is 2. The van der Waals surface area contributed by atoms with Gasteiger partial charge in [-0.2, -0.15) is 5.10 Å². The number of hydrazone groups is 1. The van der Waals surface area contributed by atoms with Gasteiger partial charge in [-0.25, -0.2) is 10.4 Å². The molecule has 0 saturated heterocycles. The van der Waals surface area contributed by atoms with E-state index in [9.17, 15) is 4.79 Å². The molecule has 0 aliphatic carbocycles. The number of aromatic amines is 1. The van der Waals surface area contributed by atoms with Gasteiger partial charge < -0.3 is 14.2 Å². The fourth-order valence-corrected chi connectivity index (χ4v) is 2.02. The predicted molar refractivity (Wildman–Crippen MR) is 86.9 cm³/mol. The average molecular weight is 318 g/mol. The maximum Gasteiger partial charge on any atom is 0.252 e. The van der Waals surface area contributed by atoms with Crippen molar-refractivity contribution in [1.29, 1.82) is 0 Å². The van der Waals surface area contributed by atoms with Crippen LogP contribution in [-0.4, -0.2) is 37.5 Å². The van der Waals surface area contributed by atoms with E-state index in [0.717, 1.165) is 0 Å². The summed E-state index contributed by atoms with van der Waals surface area (Å²) in [4.78, 5) is 18.0. The largest absolute Gasteiger partial charge is 0.493 e. The highest BCUT2D eigenvalue weighted by Crippen LogP contribution is 2.38. The molecule has 0 amide bonds. The molecular formula is C15H18N4O4. The number of methoxy groups -OCH3 is 3. The molecule has 0 bridgehead atoms. The molecule has 0 aliphatic rings. The lowest BCUT2D eigenvalue weighted by atomic mass is 10.2. The van der Waals surface area contributed by atoms with Crippen LogP contribution in [0.2, 0.25) is 0 Å². The molecule has 2 aromatic rings. The minimum absolute atomic E-state index is 0.251. The van der Waals surface area contributed by atoms with Gasteiger partial charge in [-0.1, -0.05) is 0 Å². The van der Waals surface area contributed by atoms with E-state index in [1.54, 1.807) is 26.2 Å². The number of H-pyrrole nitrogens is 1. The van der Waals surface area contributed by atoms with Crippen LogP contribution in [-0.2, 0) is 0 Å². The number of hydrogen-bond donors (Lipinski definition) is 2. The summed E-state index contributed by atoms with van der Waals surface area (Å²) in [6.45, 7) is 1.72. The third kappa shape index (κ3) is 3.79. The highest BCUT2D eigenvalue weighted by Gasteiger charge is 2.14. The first-order valence-electron chi connectivity index (χ1n) is 6.75. The van der Waals surface area contributed by atoms with Crippen molar-refractivity contribution < 1.29 is 14.2 Å². The summed E-state index contributed by atoms with van der Waals surface area (Å²) < 4.78 is 15.9. The molecule has 0 saturated carbocycles. The van der Waals surface area contributed by atoms with E-state index in [0.29, 0.717) is 28.5 Å². The number of aryl methyl sites for hydroxylation is 1. The Kier molecular flexibility index (Phi) is 5.19. The molecule has 0 atom stereocenters. The minimum Gasteiger partial charge on any atom is -0.493 e. The number of rotatable bonds is 6. The van der Waals surface area contributed by atoms with Crippen LogP contribution in [0.15, 0.2) is 28.1 Å². The molecular weight excluding hydrogens is 300 g/mol. The Balaban J connectivity index is 2.27. The van der Waals surface area contributed by atoms with Gasteiger partial charge in [-0.05, 0) is 19.1 Å². The Labute approximate surface area is 133 Å². The van der Waals surface area contributed by atoms with Crippen LogP contribution in [0.5, 0.6) is 17.2 Å². The zero-order valence-corrected chi connectivity index (χ0v) is 13.3. The number of nitrogens with one attached hydrogen (secondary N) is 2. The highest BCUT2D eigenvalue weighted by molar-refractivity contribution is 5.86. The van der Waals surface area contributed by atoms with Crippen molar-refractivity contribution in [2.45, 2.75) is 6.92 Å². The van der Waals surface area contributed by atoms with Crippen LogP contribution < -0.4 is 25.2 Å². The normalized spacial score (nSPS) is 10.6. The van der Waals surface area contributed by atoms with Crippen molar-refractivity contribution in [2.75, 3.05) is 26.8 Å². The summed E-state index contributed by atoms with van der Waals surface area (Å²) in [7, 11) is 4.61. The summed E-state index contributed by atoms with van der Waals surface area (Å²) in [6, 6.07) is 4.92. The van der Waals surface area contributed by atoms with Gasteiger partial charge in [0.2, 0.25) is 11.7 Å². The SMILES string of the molecule is COc1ccc(/C=N/Nc2nc(C)cc(=O)[nH]2)c(OC)c1OC. The standard InChI is InChI=1S/C15H18N4O4/c1-9-7-12(20)18-15(17-9)19-16-8-10-5-6-11(21-2)14(23-4)13(10)22-3/h5-8H,1-4H3,(H2,17,18,19,20)/b16-8+. The van der Waals surface area contributed by atoms with Crippen molar-refractivity contribution in [3.63, 3.8) is 0 Å². The second-order valence-corrected chi connectivity index (χ2v) is 4.53. The van der Waals surface area contributed by atoms with Crippen molar-refractivity contribution in [3.05, 3.63) is 39.8 Å². The Morgan fingerprint density at radius 1 is 1.17 bits per heavy atom. The Hall–Kier alpha value is -3.03. The molecule has 8 nitrogen and oxygen atoms in total. The quantitative estimate of drug-likeness (QED) is 0.619. The molecule has 0 radical (unpaired) electrons. The van der Waals surface area contributed by atoms with Gasteiger partial charge in [0.05, 0.1) is 27.5 Å². The zero-order chi connectivity index (χ0) is 16.8.